The second-order valence-electron chi connectivity index (χ2n) is 3.65. The number of aromatic nitrogens is 1. The number of amides is 1. The zero-order chi connectivity index (χ0) is 12.3. The van der Waals surface area contributed by atoms with E-state index >= 15 is 0 Å². The minimum atomic E-state index is -0.215. The van der Waals surface area contributed by atoms with Gasteiger partial charge in [-0.3, -0.25) is 9.59 Å². The molecule has 1 unspecified atom stereocenters. The standard InChI is InChI=1S/C12H12N2O2S/c1-8(10-3-2-6-17-10)14-12(16)9-4-5-11(15)13-7-9/h2-8H,1H3,(H,13,15)(H,14,16). The van der Waals surface area contributed by atoms with Crippen LogP contribution in [0.15, 0.2) is 40.6 Å². The van der Waals surface area contributed by atoms with E-state index in [1.807, 2.05) is 24.4 Å². The van der Waals surface area contributed by atoms with Crippen LogP contribution in [0, 0.1) is 0 Å². The lowest BCUT2D eigenvalue weighted by Gasteiger charge is -2.11. The molecular weight excluding hydrogens is 236 g/mol. The van der Waals surface area contributed by atoms with Gasteiger partial charge >= 0.3 is 0 Å². The van der Waals surface area contributed by atoms with Crippen molar-refractivity contribution in [1.82, 2.24) is 10.3 Å². The SMILES string of the molecule is CC(NC(=O)c1ccc(=O)[nH]c1)c1cccs1. The van der Waals surface area contributed by atoms with Crippen LogP contribution < -0.4 is 10.9 Å². The summed E-state index contributed by atoms with van der Waals surface area (Å²) in [6.45, 7) is 1.93. The Morgan fingerprint density at radius 2 is 2.24 bits per heavy atom. The molecule has 4 nitrogen and oxygen atoms in total. The third-order valence-electron chi connectivity index (χ3n) is 2.36. The largest absolute Gasteiger partial charge is 0.345 e. The van der Waals surface area contributed by atoms with Gasteiger partial charge in [-0.05, 0) is 24.4 Å². The van der Waals surface area contributed by atoms with Crippen LogP contribution in [0.2, 0.25) is 0 Å². The average Bonchev–Trinajstić information content (AvgIpc) is 2.83. The van der Waals surface area contributed by atoms with E-state index in [0.29, 0.717) is 5.56 Å². The molecule has 0 aliphatic rings. The van der Waals surface area contributed by atoms with Crippen LogP contribution in [0.1, 0.15) is 28.2 Å². The molecule has 0 bridgehead atoms. The Morgan fingerprint density at radius 1 is 1.41 bits per heavy atom. The molecule has 2 rings (SSSR count). The Balaban J connectivity index is 2.07. The number of carbonyl (C=O) groups is 1. The molecule has 2 N–H and O–H groups in total. The van der Waals surface area contributed by atoms with Gasteiger partial charge in [-0.15, -0.1) is 11.3 Å². The molecule has 2 heterocycles. The lowest BCUT2D eigenvalue weighted by molar-refractivity contribution is 0.0940. The van der Waals surface area contributed by atoms with Crippen LogP contribution in [0.3, 0.4) is 0 Å². The summed E-state index contributed by atoms with van der Waals surface area (Å²) in [5.74, 6) is -0.192. The Morgan fingerprint density at radius 3 is 2.82 bits per heavy atom. The molecule has 5 heteroatoms. The molecule has 2 aromatic rings. The maximum absolute atomic E-state index is 11.8. The molecule has 0 radical (unpaired) electrons. The zero-order valence-corrected chi connectivity index (χ0v) is 10.1. The van der Waals surface area contributed by atoms with Gasteiger partial charge in [-0.1, -0.05) is 6.07 Å². The highest BCUT2D eigenvalue weighted by Gasteiger charge is 2.11. The number of rotatable bonds is 3. The van der Waals surface area contributed by atoms with Crippen LogP contribution in [-0.4, -0.2) is 10.9 Å². The van der Waals surface area contributed by atoms with Crippen LogP contribution in [0.5, 0.6) is 0 Å². The van der Waals surface area contributed by atoms with Gasteiger partial charge < -0.3 is 10.3 Å². The maximum Gasteiger partial charge on any atom is 0.253 e. The molecule has 0 aliphatic heterocycles. The van der Waals surface area contributed by atoms with E-state index in [0.717, 1.165) is 4.88 Å². The van der Waals surface area contributed by atoms with Crippen LogP contribution in [0.25, 0.3) is 0 Å². The highest BCUT2D eigenvalue weighted by molar-refractivity contribution is 7.10. The zero-order valence-electron chi connectivity index (χ0n) is 9.27. The van der Waals surface area contributed by atoms with Crippen molar-refractivity contribution in [2.24, 2.45) is 0 Å². The molecule has 17 heavy (non-hydrogen) atoms. The number of aromatic amines is 1. The first-order chi connectivity index (χ1) is 8.16. The Bertz CT molecular complexity index is 540. The molecule has 0 saturated heterocycles. The summed E-state index contributed by atoms with van der Waals surface area (Å²) in [6, 6.07) is 6.74. The molecule has 0 aliphatic carbocycles. The maximum atomic E-state index is 11.8. The molecule has 0 spiro atoms. The summed E-state index contributed by atoms with van der Waals surface area (Å²) in [5, 5.41) is 4.84. The van der Waals surface area contributed by atoms with Crippen molar-refractivity contribution in [3.05, 3.63) is 56.6 Å². The summed E-state index contributed by atoms with van der Waals surface area (Å²) in [7, 11) is 0. The van der Waals surface area contributed by atoms with Crippen molar-refractivity contribution < 1.29 is 4.79 Å². The predicted molar refractivity (Wildman–Crippen MR) is 67.3 cm³/mol. The number of H-pyrrole nitrogens is 1. The van der Waals surface area contributed by atoms with E-state index in [4.69, 9.17) is 0 Å². The summed E-state index contributed by atoms with van der Waals surface area (Å²) in [4.78, 5) is 26.3. The van der Waals surface area contributed by atoms with Gasteiger partial charge in [0.2, 0.25) is 5.56 Å². The molecule has 2 aromatic heterocycles. The fourth-order valence-corrected chi connectivity index (χ4v) is 2.18. The normalized spacial score (nSPS) is 12.1. The van der Waals surface area contributed by atoms with Gasteiger partial charge in [0.15, 0.2) is 0 Å². The average molecular weight is 248 g/mol. The molecule has 0 fully saturated rings. The van der Waals surface area contributed by atoms with Crippen molar-refractivity contribution in [3.8, 4) is 0 Å². The topological polar surface area (TPSA) is 62.0 Å². The van der Waals surface area contributed by atoms with E-state index in [1.165, 1.54) is 18.3 Å². The summed E-state index contributed by atoms with van der Waals surface area (Å²) < 4.78 is 0. The second kappa shape index (κ2) is 4.97. The van der Waals surface area contributed by atoms with E-state index in [-0.39, 0.29) is 17.5 Å². The minimum Gasteiger partial charge on any atom is -0.345 e. The first-order valence-corrected chi connectivity index (χ1v) is 6.08. The number of pyridine rings is 1. The minimum absolute atomic E-state index is 0.0329. The Labute approximate surface area is 102 Å². The molecule has 0 saturated carbocycles. The number of nitrogens with one attached hydrogen (secondary N) is 2. The quantitative estimate of drug-likeness (QED) is 0.871. The third kappa shape index (κ3) is 2.82. The van der Waals surface area contributed by atoms with Crippen molar-refractivity contribution in [3.63, 3.8) is 0 Å². The molecule has 0 aromatic carbocycles. The lowest BCUT2D eigenvalue weighted by atomic mass is 10.2. The highest BCUT2D eigenvalue weighted by Crippen LogP contribution is 2.18. The van der Waals surface area contributed by atoms with Gasteiger partial charge in [0.1, 0.15) is 0 Å². The van der Waals surface area contributed by atoms with Gasteiger partial charge in [0, 0.05) is 17.1 Å². The summed E-state index contributed by atoms with van der Waals surface area (Å²) in [5.41, 5.74) is 0.237. The predicted octanol–water partition coefficient (Wildman–Crippen LogP) is 1.93. The molecule has 88 valence electrons. The van der Waals surface area contributed by atoms with E-state index in [2.05, 4.69) is 10.3 Å². The summed E-state index contributed by atoms with van der Waals surface area (Å²) >= 11 is 1.60. The number of hydrogen-bond acceptors (Lipinski definition) is 3. The molecular formula is C12H12N2O2S. The smallest absolute Gasteiger partial charge is 0.253 e. The number of carbonyl (C=O) groups excluding carboxylic acids is 1. The molecule has 1 amide bonds. The Kier molecular flexibility index (Phi) is 3.39. The highest BCUT2D eigenvalue weighted by atomic mass is 32.1. The second-order valence-corrected chi connectivity index (χ2v) is 4.63. The van der Waals surface area contributed by atoms with E-state index in [1.54, 1.807) is 11.3 Å². The Hall–Kier alpha value is -1.88. The van der Waals surface area contributed by atoms with Gasteiger partial charge in [-0.2, -0.15) is 0 Å². The van der Waals surface area contributed by atoms with Gasteiger partial charge in [0.25, 0.3) is 5.91 Å². The van der Waals surface area contributed by atoms with Gasteiger partial charge in [-0.25, -0.2) is 0 Å². The third-order valence-corrected chi connectivity index (χ3v) is 3.42. The molecule has 1 atom stereocenters. The fraction of sp³-hybridized carbons (Fsp3) is 0.167. The van der Waals surface area contributed by atoms with E-state index < -0.39 is 0 Å². The van der Waals surface area contributed by atoms with E-state index in [9.17, 15) is 9.59 Å². The van der Waals surface area contributed by atoms with Crippen molar-refractivity contribution in [1.29, 1.82) is 0 Å². The van der Waals surface area contributed by atoms with Gasteiger partial charge in [0.05, 0.1) is 11.6 Å². The summed E-state index contributed by atoms with van der Waals surface area (Å²) in [6.07, 6.45) is 1.42. The monoisotopic (exact) mass is 248 g/mol. The van der Waals surface area contributed by atoms with Crippen molar-refractivity contribution in [2.75, 3.05) is 0 Å². The fourth-order valence-electron chi connectivity index (χ4n) is 1.44. The van der Waals surface area contributed by atoms with Crippen LogP contribution >= 0.6 is 11.3 Å². The number of thiophene rings is 1. The number of hydrogen-bond donors (Lipinski definition) is 2. The first-order valence-electron chi connectivity index (χ1n) is 5.20. The van der Waals surface area contributed by atoms with Crippen molar-refractivity contribution >= 4 is 17.2 Å². The van der Waals surface area contributed by atoms with Crippen LogP contribution in [-0.2, 0) is 0 Å². The van der Waals surface area contributed by atoms with Crippen LogP contribution in [0.4, 0.5) is 0 Å². The first kappa shape index (κ1) is 11.6. The lowest BCUT2D eigenvalue weighted by Crippen LogP contribution is -2.26. The van der Waals surface area contributed by atoms with Crippen molar-refractivity contribution in [2.45, 2.75) is 13.0 Å².